The van der Waals surface area contributed by atoms with Gasteiger partial charge in [0.05, 0.1) is 19.3 Å². The fourth-order valence-corrected chi connectivity index (χ4v) is 3.31. The predicted molar refractivity (Wildman–Crippen MR) is 118 cm³/mol. The van der Waals surface area contributed by atoms with E-state index in [9.17, 15) is 35.4 Å². The number of carbonyl (C=O) groups excluding carboxylic acids is 1. The number of esters is 1. The molecule has 1 aliphatic rings. The maximum atomic E-state index is 12.3. The highest BCUT2D eigenvalue weighted by Crippen LogP contribution is 2.36. The van der Waals surface area contributed by atoms with E-state index in [2.05, 4.69) is 0 Å². The molecule has 1 aliphatic heterocycles. The average molecular weight is 494 g/mol. The molecule has 1 heterocycles. The first-order valence-corrected chi connectivity index (χ1v) is 10.4. The van der Waals surface area contributed by atoms with E-state index in [-0.39, 0.29) is 23.7 Å². The minimum Gasteiger partial charge on any atom is -0.504 e. The number of phenolic OH excluding ortho intramolecular Hbond substituents is 3. The predicted octanol–water partition coefficient (Wildman–Crippen LogP) is -0.139. The maximum absolute atomic E-state index is 12.3. The lowest BCUT2D eigenvalue weighted by Crippen LogP contribution is -2.60. The molecule has 0 radical (unpaired) electrons. The van der Waals surface area contributed by atoms with Crippen molar-refractivity contribution >= 4 is 12.0 Å². The van der Waals surface area contributed by atoms with Crippen LogP contribution in [0.5, 0.6) is 28.7 Å². The van der Waals surface area contributed by atoms with Crippen LogP contribution in [0.15, 0.2) is 36.4 Å². The van der Waals surface area contributed by atoms with Crippen LogP contribution in [0, 0.1) is 0 Å². The molecule has 1 saturated heterocycles. The van der Waals surface area contributed by atoms with Crippen molar-refractivity contribution in [2.45, 2.75) is 30.7 Å². The zero-order valence-corrected chi connectivity index (χ0v) is 18.5. The lowest BCUT2D eigenvalue weighted by Gasteiger charge is -2.40. The zero-order chi connectivity index (χ0) is 25.7. The summed E-state index contributed by atoms with van der Waals surface area (Å²) in [4.78, 5) is 12.3. The quantitative estimate of drug-likeness (QED) is 0.190. The number of aliphatic hydroxyl groups excluding tert-OH is 4. The molecule has 190 valence electrons. The summed E-state index contributed by atoms with van der Waals surface area (Å²) in [6.45, 7) is -0.738. The monoisotopic (exact) mass is 494 g/mol. The Morgan fingerprint density at radius 2 is 1.69 bits per heavy atom. The van der Waals surface area contributed by atoms with Crippen LogP contribution in [-0.2, 0) is 9.47 Å². The SMILES string of the molecule is COc1cc(C=CCO)ccc1O[C@@H]1O[C@H](COC(=O)c2cc(O)c(O)c(O)c2)[C@@H](O)[C@H](O)[C@@H]1O. The molecule has 5 atom stereocenters. The number of aliphatic hydroxyl groups is 4. The van der Waals surface area contributed by atoms with Gasteiger partial charge in [-0.05, 0) is 29.8 Å². The van der Waals surface area contributed by atoms with Crippen LogP contribution in [-0.4, -0.2) is 92.7 Å². The molecular formula is C23H26O12. The van der Waals surface area contributed by atoms with E-state index >= 15 is 0 Å². The summed E-state index contributed by atoms with van der Waals surface area (Å²) in [6, 6.07) is 6.50. The summed E-state index contributed by atoms with van der Waals surface area (Å²) in [5, 5.41) is 68.3. The minimum atomic E-state index is -1.71. The summed E-state index contributed by atoms with van der Waals surface area (Å²) < 4.78 is 21.5. The Balaban J connectivity index is 1.71. The van der Waals surface area contributed by atoms with Gasteiger partial charge < -0.3 is 54.7 Å². The van der Waals surface area contributed by atoms with E-state index < -0.39 is 60.5 Å². The van der Waals surface area contributed by atoms with Gasteiger partial charge in [0.15, 0.2) is 28.7 Å². The Bertz CT molecular complexity index is 1050. The fourth-order valence-electron chi connectivity index (χ4n) is 3.31. The molecule has 2 aromatic rings. The van der Waals surface area contributed by atoms with Gasteiger partial charge in [-0.2, -0.15) is 0 Å². The van der Waals surface area contributed by atoms with Crippen molar-refractivity contribution in [2.24, 2.45) is 0 Å². The Morgan fingerprint density at radius 3 is 2.31 bits per heavy atom. The van der Waals surface area contributed by atoms with Crippen molar-refractivity contribution in [3.8, 4) is 28.7 Å². The molecule has 0 aromatic heterocycles. The van der Waals surface area contributed by atoms with E-state index in [4.69, 9.17) is 24.1 Å². The first-order valence-electron chi connectivity index (χ1n) is 10.4. The Kier molecular flexibility index (Phi) is 8.38. The van der Waals surface area contributed by atoms with E-state index in [0.29, 0.717) is 5.56 Å². The van der Waals surface area contributed by atoms with E-state index in [0.717, 1.165) is 12.1 Å². The second kappa shape index (κ2) is 11.3. The molecule has 3 rings (SSSR count). The van der Waals surface area contributed by atoms with Crippen molar-refractivity contribution in [2.75, 3.05) is 20.3 Å². The Hall–Kier alpha value is -3.55. The van der Waals surface area contributed by atoms with E-state index in [1.807, 2.05) is 0 Å². The topological polar surface area (TPSA) is 196 Å². The molecule has 0 spiro atoms. The summed E-state index contributed by atoms with van der Waals surface area (Å²) in [5.74, 6) is -2.92. The third-order valence-corrected chi connectivity index (χ3v) is 5.20. The summed E-state index contributed by atoms with van der Waals surface area (Å²) >= 11 is 0. The maximum Gasteiger partial charge on any atom is 0.338 e. The van der Waals surface area contributed by atoms with E-state index in [1.54, 1.807) is 18.2 Å². The van der Waals surface area contributed by atoms with Gasteiger partial charge in [0, 0.05) is 0 Å². The van der Waals surface area contributed by atoms with E-state index in [1.165, 1.54) is 19.3 Å². The number of benzene rings is 2. The Morgan fingerprint density at radius 1 is 1.00 bits per heavy atom. The lowest BCUT2D eigenvalue weighted by molar-refractivity contribution is -0.277. The molecule has 0 amide bonds. The lowest BCUT2D eigenvalue weighted by atomic mass is 9.99. The zero-order valence-electron chi connectivity index (χ0n) is 18.5. The number of ether oxygens (including phenoxy) is 4. The number of carbonyl (C=O) groups is 1. The van der Waals surface area contributed by atoms with Crippen LogP contribution in [0.1, 0.15) is 15.9 Å². The van der Waals surface area contributed by atoms with Gasteiger partial charge in [-0.15, -0.1) is 0 Å². The second-order valence-electron chi connectivity index (χ2n) is 7.59. The van der Waals surface area contributed by atoms with Gasteiger partial charge in [-0.25, -0.2) is 4.79 Å². The molecule has 35 heavy (non-hydrogen) atoms. The fraction of sp³-hybridized carbons (Fsp3) is 0.348. The number of phenols is 3. The second-order valence-corrected chi connectivity index (χ2v) is 7.59. The highest BCUT2D eigenvalue weighted by molar-refractivity contribution is 5.91. The molecule has 0 unspecified atom stereocenters. The summed E-state index contributed by atoms with van der Waals surface area (Å²) in [7, 11) is 1.39. The molecule has 0 aliphatic carbocycles. The number of rotatable bonds is 8. The summed E-state index contributed by atoms with van der Waals surface area (Å²) in [5.41, 5.74) is 0.400. The Labute approximate surface area is 199 Å². The smallest absolute Gasteiger partial charge is 0.338 e. The molecule has 7 N–H and O–H groups in total. The minimum absolute atomic E-state index is 0.145. The van der Waals surface area contributed by atoms with Crippen molar-refractivity contribution in [3.63, 3.8) is 0 Å². The van der Waals surface area contributed by atoms with Crippen LogP contribution >= 0.6 is 0 Å². The van der Waals surface area contributed by atoms with Crippen molar-refractivity contribution < 1.29 is 59.5 Å². The highest BCUT2D eigenvalue weighted by Gasteiger charge is 2.45. The standard InChI is InChI=1S/C23H26O12/c1-32-16-7-11(3-2-6-24)4-5-15(16)34-23-21(30)20(29)19(28)17(35-23)10-33-22(31)12-8-13(25)18(27)14(26)9-12/h2-5,7-9,17,19-21,23-30H,6,10H2,1H3/t17-,19-,20+,21+,23-/m1/s1. The number of hydrogen-bond acceptors (Lipinski definition) is 12. The average Bonchev–Trinajstić information content (AvgIpc) is 2.85. The highest BCUT2D eigenvalue weighted by atomic mass is 16.7. The molecular weight excluding hydrogens is 468 g/mol. The van der Waals surface area contributed by atoms with Crippen molar-refractivity contribution in [1.82, 2.24) is 0 Å². The number of hydrogen-bond donors (Lipinski definition) is 7. The van der Waals surface area contributed by atoms with Gasteiger partial charge in [0.25, 0.3) is 0 Å². The molecule has 12 nitrogen and oxygen atoms in total. The van der Waals surface area contributed by atoms with Gasteiger partial charge in [0.1, 0.15) is 31.0 Å². The van der Waals surface area contributed by atoms with Gasteiger partial charge in [-0.1, -0.05) is 18.2 Å². The molecule has 2 aromatic carbocycles. The molecule has 0 bridgehead atoms. The van der Waals surface area contributed by atoms with Gasteiger partial charge in [0.2, 0.25) is 6.29 Å². The molecule has 0 saturated carbocycles. The number of methoxy groups -OCH3 is 1. The van der Waals surface area contributed by atoms with Crippen LogP contribution in [0.25, 0.3) is 6.08 Å². The normalized spacial score (nSPS) is 24.3. The van der Waals surface area contributed by atoms with Crippen LogP contribution in [0.4, 0.5) is 0 Å². The van der Waals surface area contributed by atoms with Crippen LogP contribution < -0.4 is 9.47 Å². The van der Waals surface area contributed by atoms with Gasteiger partial charge >= 0.3 is 5.97 Å². The molecule has 12 heteroatoms. The first-order chi connectivity index (χ1) is 16.7. The molecule has 1 fully saturated rings. The third-order valence-electron chi connectivity index (χ3n) is 5.20. The summed E-state index contributed by atoms with van der Waals surface area (Å²) in [6.07, 6.45) is -4.65. The van der Waals surface area contributed by atoms with Crippen molar-refractivity contribution in [3.05, 3.63) is 47.5 Å². The number of aromatic hydroxyl groups is 3. The van der Waals surface area contributed by atoms with Crippen LogP contribution in [0.3, 0.4) is 0 Å². The van der Waals surface area contributed by atoms with Crippen LogP contribution in [0.2, 0.25) is 0 Å². The first kappa shape index (κ1) is 26.1. The van der Waals surface area contributed by atoms with Crippen molar-refractivity contribution in [1.29, 1.82) is 0 Å². The largest absolute Gasteiger partial charge is 0.504 e. The van der Waals surface area contributed by atoms with Gasteiger partial charge in [-0.3, -0.25) is 0 Å². The third kappa shape index (κ3) is 5.93.